The second-order valence-corrected chi connectivity index (χ2v) is 10.2. The Labute approximate surface area is 196 Å². The van der Waals surface area contributed by atoms with Gasteiger partial charge in [-0.25, -0.2) is 13.1 Å². The number of carbonyl (C=O) groups excluding carboxylic acids is 2. The van der Waals surface area contributed by atoms with Crippen LogP contribution in [-0.4, -0.2) is 38.9 Å². The maximum absolute atomic E-state index is 12.7. The molecule has 0 aliphatic heterocycles. The highest BCUT2D eigenvalue weighted by Gasteiger charge is 2.24. The Morgan fingerprint density at radius 1 is 0.909 bits per heavy atom. The number of benzene rings is 2. The topological polar surface area (TPSA) is 114 Å². The average molecular weight is 476 g/mol. The van der Waals surface area contributed by atoms with Crippen LogP contribution in [0.2, 0.25) is 0 Å². The molecule has 0 aliphatic carbocycles. The lowest BCUT2D eigenvalue weighted by atomic mass is 10.0. The molecule has 0 aromatic heterocycles. The van der Waals surface area contributed by atoms with E-state index in [-0.39, 0.29) is 42.7 Å². The largest absolute Gasteiger partial charge is 0.484 e. The summed E-state index contributed by atoms with van der Waals surface area (Å²) in [6, 6.07) is 15.1. The highest BCUT2D eigenvalue weighted by Crippen LogP contribution is 2.10. The molecule has 0 fully saturated rings. The number of sulfonamides is 1. The number of rotatable bonds is 12. The van der Waals surface area contributed by atoms with Crippen LogP contribution in [0.25, 0.3) is 0 Å². The summed E-state index contributed by atoms with van der Waals surface area (Å²) < 4.78 is 32.1. The summed E-state index contributed by atoms with van der Waals surface area (Å²) in [5.74, 6) is -0.329. The summed E-state index contributed by atoms with van der Waals surface area (Å²) >= 11 is 0. The Bertz CT molecular complexity index is 1010. The van der Waals surface area contributed by atoms with Gasteiger partial charge in [0, 0.05) is 12.6 Å². The SMILES string of the molecule is CC(C)NS(=O)(=O)Cc1ccc(CNC(=O)C(NC(=O)COc2ccccc2)C(C)C)cc1. The second kappa shape index (κ2) is 12.4. The lowest BCUT2D eigenvalue weighted by Gasteiger charge is -2.22. The first-order valence-corrected chi connectivity index (χ1v) is 12.5. The van der Waals surface area contributed by atoms with Gasteiger partial charge in [-0.05, 0) is 43.0 Å². The maximum atomic E-state index is 12.7. The van der Waals surface area contributed by atoms with Gasteiger partial charge in [-0.15, -0.1) is 0 Å². The molecule has 1 unspecified atom stereocenters. The van der Waals surface area contributed by atoms with Crippen LogP contribution in [0.5, 0.6) is 5.75 Å². The van der Waals surface area contributed by atoms with Crippen molar-refractivity contribution in [2.75, 3.05) is 6.61 Å². The predicted molar refractivity (Wildman–Crippen MR) is 128 cm³/mol. The molecule has 3 N–H and O–H groups in total. The molecule has 8 nitrogen and oxygen atoms in total. The molecule has 2 amide bonds. The number of amides is 2. The number of hydrogen-bond acceptors (Lipinski definition) is 5. The fraction of sp³-hybridized carbons (Fsp3) is 0.417. The van der Waals surface area contributed by atoms with Crippen LogP contribution in [0.1, 0.15) is 38.8 Å². The second-order valence-electron chi connectivity index (χ2n) is 8.46. The van der Waals surface area contributed by atoms with Crippen LogP contribution in [0.4, 0.5) is 0 Å². The van der Waals surface area contributed by atoms with Crippen molar-refractivity contribution >= 4 is 21.8 Å². The Morgan fingerprint density at radius 2 is 1.52 bits per heavy atom. The molecular weight excluding hydrogens is 442 g/mol. The van der Waals surface area contributed by atoms with E-state index in [1.807, 2.05) is 32.0 Å². The summed E-state index contributed by atoms with van der Waals surface area (Å²) in [6.45, 7) is 7.32. The van der Waals surface area contributed by atoms with E-state index in [9.17, 15) is 18.0 Å². The van der Waals surface area contributed by atoms with E-state index in [1.165, 1.54) is 0 Å². The van der Waals surface area contributed by atoms with Gasteiger partial charge in [0.1, 0.15) is 11.8 Å². The normalized spacial score (nSPS) is 12.4. The van der Waals surface area contributed by atoms with Crippen LogP contribution < -0.4 is 20.1 Å². The summed E-state index contributed by atoms with van der Waals surface area (Å²) in [7, 11) is -3.40. The van der Waals surface area contributed by atoms with Gasteiger partial charge in [-0.1, -0.05) is 56.3 Å². The average Bonchev–Trinajstić information content (AvgIpc) is 2.74. The monoisotopic (exact) mass is 475 g/mol. The van der Waals surface area contributed by atoms with E-state index in [0.717, 1.165) is 5.56 Å². The molecule has 2 rings (SSSR count). The predicted octanol–water partition coefficient (Wildman–Crippen LogP) is 2.35. The summed E-state index contributed by atoms with van der Waals surface area (Å²) in [6.07, 6.45) is 0. The minimum Gasteiger partial charge on any atom is -0.484 e. The third-order valence-electron chi connectivity index (χ3n) is 4.64. The first-order chi connectivity index (χ1) is 15.6. The molecule has 0 radical (unpaired) electrons. The molecule has 0 aliphatic rings. The number of ether oxygens (including phenoxy) is 1. The van der Waals surface area contributed by atoms with Crippen molar-refractivity contribution in [2.24, 2.45) is 5.92 Å². The summed E-state index contributed by atoms with van der Waals surface area (Å²) in [4.78, 5) is 24.9. The summed E-state index contributed by atoms with van der Waals surface area (Å²) in [5.41, 5.74) is 1.48. The van der Waals surface area contributed by atoms with Gasteiger partial charge in [0.25, 0.3) is 5.91 Å². The van der Waals surface area contributed by atoms with Crippen molar-refractivity contribution in [1.29, 1.82) is 0 Å². The Morgan fingerprint density at radius 3 is 2.09 bits per heavy atom. The minimum absolute atomic E-state index is 0.107. The van der Waals surface area contributed by atoms with E-state index < -0.39 is 16.1 Å². The fourth-order valence-corrected chi connectivity index (χ4v) is 4.52. The van der Waals surface area contributed by atoms with Crippen LogP contribution in [0.3, 0.4) is 0 Å². The molecule has 33 heavy (non-hydrogen) atoms. The third kappa shape index (κ3) is 9.63. The smallest absolute Gasteiger partial charge is 0.258 e. The maximum Gasteiger partial charge on any atom is 0.258 e. The molecule has 0 saturated heterocycles. The van der Waals surface area contributed by atoms with Gasteiger partial charge in [0.2, 0.25) is 15.9 Å². The van der Waals surface area contributed by atoms with Crippen LogP contribution in [-0.2, 0) is 31.9 Å². The van der Waals surface area contributed by atoms with E-state index in [1.54, 1.807) is 50.2 Å². The quantitative estimate of drug-likeness (QED) is 0.436. The van der Waals surface area contributed by atoms with Crippen LogP contribution in [0.15, 0.2) is 54.6 Å². The van der Waals surface area contributed by atoms with Crippen molar-refractivity contribution in [3.63, 3.8) is 0 Å². The molecule has 0 bridgehead atoms. The zero-order chi connectivity index (χ0) is 24.4. The van der Waals surface area contributed by atoms with Crippen LogP contribution >= 0.6 is 0 Å². The molecule has 0 spiro atoms. The van der Waals surface area contributed by atoms with Crippen molar-refractivity contribution in [3.05, 3.63) is 65.7 Å². The zero-order valence-corrected chi connectivity index (χ0v) is 20.3. The molecule has 0 saturated carbocycles. The van der Waals surface area contributed by atoms with E-state index in [4.69, 9.17) is 4.74 Å². The first kappa shape index (κ1) is 26.3. The van der Waals surface area contributed by atoms with Crippen molar-refractivity contribution in [1.82, 2.24) is 15.4 Å². The number of hydrogen-bond donors (Lipinski definition) is 3. The molecule has 180 valence electrons. The summed E-state index contributed by atoms with van der Waals surface area (Å²) in [5, 5.41) is 5.55. The zero-order valence-electron chi connectivity index (χ0n) is 19.5. The standard InChI is InChI=1S/C24H33N3O5S/c1-17(2)23(26-22(28)15-32-21-8-6-5-7-9-21)24(29)25-14-19-10-12-20(13-11-19)16-33(30,31)27-18(3)4/h5-13,17-18,23,27H,14-16H2,1-4H3,(H,25,29)(H,26,28). The lowest BCUT2D eigenvalue weighted by Crippen LogP contribution is -2.50. The fourth-order valence-electron chi connectivity index (χ4n) is 3.09. The molecular formula is C24H33N3O5S. The number of carbonyl (C=O) groups is 2. The number of nitrogens with one attached hydrogen (secondary N) is 3. The Balaban J connectivity index is 1.86. The highest BCUT2D eigenvalue weighted by molar-refractivity contribution is 7.88. The van der Waals surface area contributed by atoms with Crippen molar-refractivity contribution < 1.29 is 22.7 Å². The minimum atomic E-state index is -3.40. The van der Waals surface area contributed by atoms with Gasteiger partial charge in [-0.3, -0.25) is 9.59 Å². The van der Waals surface area contributed by atoms with Gasteiger partial charge >= 0.3 is 0 Å². The highest BCUT2D eigenvalue weighted by atomic mass is 32.2. The van der Waals surface area contributed by atoms with Crippen LogP contribution in [0, 0.1) is 5.92 Å². The molecule has 2 aromatic rings. The van der Waals surface area contributed by atoms with E-state index in [0.29, 0.717) is 11.3 Å². The number of para-hydroxylation sites is 1. The molecule has 1 atom stereocenters. The molecule has 2 aromatic carbocycles. The molecule has 9 heteroatoms. The Kier molecular flexibility index (Phi) is 9.87. The lowest BCUT2D eigenvalue weighted by molar-refractivity contribution is -0.131. The van der Waals surface area contributed by atoms with Gasteiger partial charge < -0.3 is 15.4 Å². The van der Waals surface area contributed by atoms with E-state index in [2.05, 4.69) is 15.4 Å². The Hall–Kier alpha value is -2.91. The van der Waals surface area contributed by atoms with Gasteiger partial charge in [-0.2, -0.15) is 0 Å². The van der Waals surface area contributed by atoms with Gasteiger partial charge in [0.15, 0.2) is 6.61 Å². The van der Waals surface area contributed by atoms with Gasteiger partial charge in [0.05, 0.1) is 5.75 Å². The first-order valence-electron chi connectivity index (χ1n) is 10.9. The van der Waals surface area contributed by atoms with E-state index >= 15 is 0 Å². The van der Waals surface area contributed by atoms with Crippen molar-refractivity contribution in [3.8, 4) is 5.75 Å². The van der Waals surface area contributed by atoms with Crippen molar-refractivity contribution in [2.45, 2.75) is 52.1 Å². The third-order valence-corrected chi connectivity index (χ3v) is 6.18. The molecule has 0 heterocycles.